The molecule has 2 aromatic rings. The van der Waals surface area contributed by atoms with Crippen molar-refractivity contribution in [3.8, 4) is 0 Å². The number of anilines is 1. The third kappa shape index (κ3) is 5.77. The van der Waals surface area contributed by atoms with Crippen LogP contribution in [-0.2, 0) is 27.7 Å². The molecule has 8 nitrogen and oxygen atoms in total. The van der Waals surface area contributed by atoms with Crippen LogP contribution in [0.5, 0.6) is 0 Å². The second-order valence-electron chi connectivity index (χ2n) is 9.89. The van der Waals surface area contributed by atoms with Gasteiger partial charge in [0.15, 0.2) is 0 Å². The highest BCUT2D eigenvalue weighted by atomic mass is 32.2. The van der Waals surface area contributed by atoms with Gasteiger partial charge in [0.2, 0.25) is 10.0 Å². The summed E-state index contributed by atoms with van der Waals surface area (Å²) in [6.07, 6.45) is 4.27. The normalized spacial score (nSPS) is 19.0. The van der Waals surface area contributed by atoms with Gasteiger partial charge in [-0.05, 0) is 76.3 Å². The first-order chi connectivity index (χ1) is 17.7. The number of nitrogens with zero attached hydrogens (tertiary/aromatic N) is 2. The van der Waals surface area contributed by atoms with Crippen LogP contribution in [0.2, 0.25) is 0 Å². The largest absolute Gasteiger partial charge is 0.462 e. The van der Waals surface area contributed by atoms with Crippen LogP contribution in [0.15, 0.2) is 29.2 Å². The summed E-state index contributed by atoms with van der Waals surface area (Å²) in [7, 11) is -3.63. The van der Waals surface area contributed by atoms with Crippen molar-refractivity contribution in [2.45, 2.75) is 83.3 Å². The number of piperidine rings is 1. The van der Waals surface area contributed by atoms with E-state index in [-0.39, 0.29) is 17.5 Å². The molecule has 0 radical (unpaired) electrons. The monoisotopic (exact) mass is 547 g/mol. The molecular weight excluding hydrogens is 510 g/mol. The lowest BCUT2D eigenvalue weighted by Crippen LogP contribution is -2.43. The summed E-state index contributed by atoms with van der Waals surface area (Å²) in [4.78, 5) is 29.6. The molecule has 202 valence electrons. The van der Waals surface area contributed by atoms with Crippen molar-refractivity contribution < 1.29 is 22.7 Å². The number of benzene rings is 1. The molecule has 1 saturated heterocycles. The van der Waals surface area contributed by atoms with E-state index in [1.54, 1.807) is 11.2 Å². The first kappa shape index (κ1) is 27.8. The van der Waals surface area contributed by atoms with Gasteiger partial charge in [-0.3, -0.25) is 9.69 Å². The van der Waals surface area contributed by atoms with Crippen molar-refractivity contribution in [1.82, 2.24) is 9.21 Å². The second kappa shape index (κ2) is 11.6. The van der Waals surface area contributed by atoms with Gasteiger partial charge < -0.3 is 10.1 Å². The standard InChI is InChI=1S/C27H37N3O5S2/c1-5-20-9-7-8-15-30(20)37(33,34)21-12-10-19(11-13-21)25(31)28-26-24(27(32)35-6-2)22-14-16-29(18(3)4)17-23(22)36-26/h10-13,18,20H,5-9,14-17H2,1-4H3,(H,28,31). The fourth-order valence-corrected chi connectivity index (χ4v) is 8.18. The molecule has 1 fully saturated rings. The van der Waals surface area contributed by atoms with Crippen molar-refractivity contribution in [2.24, 2.45) is 0 Å². The SMILES string of the molecule is CCOC(=O)c1c(NC(=O)c2ccc(S(=O)(=O)N3CCCCC3CC)cc2)sc2c1CCN(C(C)C)C2. The molecule has 2 aliphatic rings. The Labute approximate surface area is 224 Å². The Balaban J connectivity index is 1.56. The van der Waals surface area contributed by atoms with Crippen molar-refractivity contribution in [3.63, 3.8) is 0 Å². The molecule has 0 aliphatic carbocycles. The van der Waals surface area contributed by atoms with Crippen LogP contribution in [0.1, 0.15) is 84.5 Å². The summed E-state index contributed by atoms with van der Waals surface area (Å²) in [5.74, 6) is -0.819. The van der Waals surface area contributed by atoms with E-state index >= 15 is 0 Å². The number of carbonyl (C=O) groups excluding carboxylic acids is 2. The first-order valence-electron chi connectivity index (χ1n) is 13.2. The predicted octanol–water partition coefficient (Wildman–Crippen LogP) is 4.90. The van der Waals surface area contributed by atoms with E-state index in [4.69, 9.17) is 4.74 Å². The molecule has 1 atom stereocenters. The Kier molecular flexibility index (Phi) is 8.73. The Morgan fingerprint density at radius 2 is 1.86 bits per heavy atom. The number of rotatable bonds is 8. The molecule has 1 aromatic heterocycles. The average molecular weight is 548 g/mol. The van der Waals surface area contributed by atoms with Gasteiger partial charge in [-0.1, -0.05) is 13.3 Å². The Morgan fingerprint density at radius 1 is 1.14 bits per heavy atom. The Hall–Kier alpha value is -2.27. The van der Waals surface area contributed by atoms with Crippen LogP contribution in [0.3, 0.4) is 0 Å². The number of thiophene rings is 1. The maximum absolute atomic E-state index is 13.3. The van der Waals surface area contributed by atoms with Crippen molar-refractivity contribution in [1.29, 1.82) is 0 Å². The van der Waals surface area contributed by atoms with Crippen molar-refractivity contribution in [2.75, 3.05) is 25.0 Å². The van der Waals surface area contributed by atoms with Gasteiger partial charge >= 0.3 is 5.97 Å². The number of nitrogens with one attached hydrogen (secondary N) is 1. The number of amides is 1. The van der Waals surface area contributed by atoms with Crippen LogP contribution in [0.25, 0.3) is 0 Å². The second-order valence-corrected chi connectivity index (χ2v) is 12.9. The highest BCUT2D eigenvalue weighted by molar-refractivity contribution is 7.89. The lowest BCUT2D eigenvalue weighted by Gasteiger charge is -2.34. The highest BCUT2D eigenvalue weighted by Gasteiger charge is 2.33. The zero-order chi connectivity index (χ0) is 26.7. The van der Waals surface area contributed by atoms with Crippen LogP contribution in [-0.4, -0.2) is 61.3 Å². The third-order valence-electron chi connectivity index (χ3n) is 7.29. The molecule has 37 heavy (non-hydrogen) atoms. The number of sulfonamides is 1. The molecule has 3 heterocycles. The number of hydrogen-bond donors (Lipinski definition) is 1. The molecular formula is C27H37N3O5S2. The first-order valence-corrected chi connectivity index (χ1v) is 15.4. The summed E-state index contributed by atoms with van der Waals surface area (Å²) in [6, 6.07) is 6.46. The topological polar surface area (TPSA) is 96.0 Å². The van der Waals surface area contributed by atoms with E-state index in [2.05, 4.69) is 24.1 Å². The molecule has 0 spiro atoms. The smallest absolute Gasteiger partial charge is 0.341 e. The maximum Gasteiger partial charge on any atom is 0.341 e. The highest BCUT2D eigenvalue weighted by Crippen LogP contribution is 2.38. The van der Waals surface area contributed by atoms with Crippen LogP contribution >= 0.6 is 11.3 Å². The summed E-state index contributed by atoms with van der Waals surface area (Å²) in [5, 5.41) is 3.39. The summed E-state index contributed by atoms with van der Waals surface area (Å²) >= 11 is 1.41. The molecule has 10 heteroatoms. The van der Waals surface area contributed by atoms with E-state index in [0.29, 0.717) is 28.7 Å². The maximum atomic E-state index is 13.3. The molecule has 4 rings (SSSR count). The van der Waals surface area contributed by atoms with Gasteiger partial charge in [0, 0.05) is 42.2 Å². The molecule has 2 aliphatic heterocycles. The minimum absolute atomic E-state index is 0.0134. The lowest BCUT2D eigenvalue weighted by atomic mass is 10.0. The van der Waals surface area contributed by atoms with Crippen LogP contribution in [0, 0.1) is 0 Å². The Morgan fingerprint density at radius 3 is 2.51 bits per heavy atom. The van der Waals surface area contributed by atoms with Gasteiger partial charge in [-0.25, -0.2) is 13.2 Å². The number of ether oxygens (including phenoxy) is 1. The average Bonchev–Trinajstić information content (AvgIpc) is 3.25. The zero-order valence-corrected chi connectivity index (χ0v) is 23.7. The van der Waals surface area contributed by atoms with E-state index in [1.807, 2.05) is 6.92 Å². The van der Waals surface area contributed by atoms with Gasteiger partial charge in [0.25, 0.3) is 5.91 Å². The summed E-state index contributed by atoms with van der Waals surface area (Å²) < 4.78 is 33.5. The zero-order valence-electron chi connectivity index (χ0n) is 22.1. The van der Waals surface area contributed by atoms with E-state index in [0.717, 1.165) is 55.6 Å². The van der Waals surface area contributed by atoms with Gasteiger partial charge in [0.1, 0.15) is 5.00 Å². The van der Waals surface area contributed by atoms with E-state index in [1.165, 1.54) is 35.6 Å². The summed E-state index contributed by atoms with van der Waals surface area (Å²) in [6.45, 7) is 10.4. The fraction of sp³-hybridized carbons (Fsp3) is 0.556. The molecule has 0 bridgehead atoms. The minimum Gasteiger partial charge on any atom is -0.462 e. The van der Waals surface area contributed by atoms with Crippen LogP contribution < -0.4 is 5.32 Å². The Bertz CT molecular complexity index is 1240. The number of fused-ring (bicyclic) bond motifs is 1. The van der Waals surface area contributed by atoms with E-state index < -0.39 is 21.9 Å². The lowest BCUT2D eigenvalue weighted by molar-refractivity contribution is 0.0526. The number of esters is 1. The van der Waals surface area contributed by atoms with Crippen molar-refractivity contribution >= 4 is 38.2 Å². The third-order valence-corrected chi connectivity index (χ3v) is 10.4. The number of hydrogen-bond acceptors (Lipinski definition) is 7. The van der Waals surface area contributed by atoms with Gasteiger partial charge in [0.05, 0.1) is 17.1 Å². The molecule has 0 saturated carbocycles. The quantitative estimate of drug-likeness (QED) is 0.473. The number of carbonyl (C=O) groups is 2. The molecule has 1 unspecified atom stereocenters. The molecule has 1 amide bonds. The van der Waals surface area contributed by atoms with E-state index in [9.17, 15) is 18.0 Å². The molecule has 1 N–H and O–H groups in total. The minimum atomic E-state index is -3.63. The summed E-state index contributed by atoms with van der Waals surface area (Å²) in [5.41, 5.74) is 1.72. The van der Waals surface area contributed by atoms with Gasteiger partial charge in [-0.2, -0.15) is 4.31 Å². The van der Waals surface area contributed by atoms with Crippen molar-refractivity contribution in [3.05, 3.63) is 45.8 Å². The van der Waals surface area contributed by atoms with Crippen LogP contribution in [0.4, 0.5) is 5.00 Å². The molecule has 1 aromatic carbocycles. The van der Waals surface area contributed by atoms with Gasteiger partial charge in [-0.15, -0.1) is 11.3 Å². The predicted molar refractivity (Wildman–Crippen MR) is 146 cm³/mol. The fourth-order valence-electron chi connectivity index (χ4n) is 5.16.